The molecule has 0 fully saturated rings. The van der Waals surface area contributed by atoms with E-state index in [4.69, 9.17) is 4.42 Å². The molecule has 0 radical (unpaired) electrons. The molecule has 0 aliphatic rings. The average Bonchev–Trinajstić information content (AvgIpc) is 3.22. The van der Waals surface area contributed by atoms with Crippen molar-refractivity contribution in [3.05, 3.63) is 72.4 Å². The van der Waals surface area contributed by atoms with Crippen LogP contribution in [0.3, 0.4) is 0 Å². The molecule has 2 N–H and O–H groups in total. The number of benzene rings is 2. The van der Waals surface area contributed by atoms with E-state index in [9.17, 15) is 12.8 Å². The smallest absolute Gasteiger partial charge is 0.226 e. The summed E-state index contributed by atoms with van der Waals surface area (Å²) in [5.41, 5.74) is 1.51. The van der Waals surface area contributed by atoms with Crippen molar-refractivity contribution < 1.29 is 17.2 Å². The molecule has 2 aromatic carbocycles. The zero-order chi connectivity index (χ0) is 21.4. The summed E-state index contributed by atoms with van der Waals surface area (Å²) in [5, 5.41) is 5.99. The largest absolute Gasteiger partial charge is 0.444 e. The van der Waals surface area contributed by atoms with Crippen molar-refractivity contribution in [2.24, 2.45) is 4.99 Å². The summed E-state index contributed by atoms with van der Waals surface area (Å²) in [5.74, 6) is -0.0703. The molecule has 0 aliphatic carbocycles. The van der Waals surface area contributed by atoms with Crippen LogP contribution in [0.25, 0.3) is 11.5 Å². The van der Waals surface area contributed by atoms with E-state index >= 15 is 0 Å². The van der Waals surface area contributed by atoms with Gasteiger partial charge in [0, 0.05) is 18.7 Å². The fraction of sp³-hybridized carbons (Fsp3) is 0.238. The second-order valence-corrected chi connectivity index (χ2v) is 8.46. The Bertz CT molecular complexity index is 1100. The van der Waals surface area contributed by atoms with E-state index in [0.29, 0.717) is 24.1 Å². The number of nitrogens with one attached hydrogen (secondary N) is 2. The molecule has 0 atom stereocenters. The van der Waals surface area contributed by atoms with Crippen molar-refractivity contribution in [3.63, 3.8) is 0 Å². The summed E-state index contributed by atoms with van der Waals surface area (Å²) in [6, 6.07) is 14.9. The van der Waals surface area contributed by atoms with E-state index in [1.807, 2.05) is 37.3 Å². The van der Waals surface area contributed by atoms with Crippen molar-refractivity contribution >= 4 is 15.8 Å². The molecule has 0 unspecified atom stereocenters. The molecule has 1 aromatic heterocycles. The summed E-state index contributed by atoms with van der Waals surface area (Å²) in [6.45, 7) is 2.83. The maximum atomic E-state index is 13.8. The first kappa shape index (κ1) is 21.5. The summed E-state index contributed by atoms with van der Waals surface area (Å²) in [4.78, 5) is 8.52. The Hall–Kier alpha value is -3.20. The Morgan fingerprint density at radius 1 is 1.10 bits per heavy atom. The van der Waals surface area contributed by atoms with Crippen LogP contribution in [0.5, 0.6) is 0 Å². The quantitative estimate of drug-likeness (QED) is 0.421. The van der Waals surface area contributed by atoms with E-state index in [1.54, 1.807) is 0 Å². The SMILES string of the molecule is CCNC(=NCc1coc(-c2ccccc2)n1)NCCS(=O)(=O)c1ccccc1F. The van der Waals surface area contributed by atoms with Crippen LogP contribution < -0.4 is 10.6 Å². The van der Waals surface area contributed by atoms with E-state index in [-0.39, 0.29) is 23.7 Å². The van der Waals surface area contributed by atoms with Gasteiger partial charge in [-0.05, 0) is 31.2 Å². The van der Waals surface area contributed by atoms with E-state index in [1.165, 1.54) is 24.5 Å². The maximum Gasteiger partial charge on any atom is 0.226 e. The van der Waals surface area contributed by atoms with Gasteiger partial charge in [-0.25, -0.2) is 22.8 Å². The van der Waals surface area contributed by atoms with Gasteiger partial charge in [0.2, 0.25) is 5.89 Å². The van der Waals surface area contributed by atoms with Gasteiger partial charge in [0.15, 0.2) is 15.8 Å². The minimum absolute atomic E-state index is 0.0799. The highest BCUT2D eigenvalue weighted by Crippen LogP contribution is 2.18. The third kappa shape index (κ3) is 5.66. The number of nitrogens with zero attached hydrogens (tertiary/aromatic N) is 2. The highest BCUT2D eigenvalue weighted by Gasteiger charge is 2.18. The number of guanidine groups is 1. The van der Waals surface area contributed by atoms with Crippen molar-refractivity contribution in [2.45, 2.75) is 18.4 Å². The molecule has 0 spiro atoms. The van der Waals surface area contributed by atoms with Gasteiger partial charge in [-0.1, -0.05) is 30.3 Å². The molecular weight excluding hydrogens is 407 g/mol. The molecule has 1 heterocycles. The van der Waals surface area contributed by atoms with Crippen LogP contribution in [0.4, 0.5) is 4.39 Å². The number of hydrogen-bond acceptors (Lipinski definition) is 5. The van der Waals surface area contributed by atoms with E-state index in [0.717, 1.165) is 11.6 Å². The van der Waals surface area contributed by atoms with Gasteiger partial charge in [0.1, 0.15) is 22.7 Å². The number of aliphatic imine (C=N–C) groups is 1. The lowest BCUT2D eigenvalue weighted by atomic mass is 10.2. The second kappa shape index (κ2) is 10.0. The first-order valence-corrected chi connectivity index (χ1v) is 11.1. The number of hydrogen-bond donors (Lipinski definition) is 2. The molecule has 0 saturated carbocycles. The lowest BCUT2D eigenvalue weighted by Gasteiger charge is -2.11. The van der Waals surface area contributed by atoms with Gasteiger partial charge in [-0.3, -0.25) is 0 Å². The maximum absolute atomic E-state index is 13.8. The van der Waals surface area contributed by atoms with Crippen molar-refractivity contribution in [1.29, 1.82) is 0 Å². The number of halogens is 1. The van der Waals surface area contributed by atoms with Crippen LogP contribution in [0.15, 0.2) is 75.2 Å². The van der Waals surface area contributed by atoms with Gasteiger partial charge in [0.25, 0.3) is 0 Å². The summed E-state index contributed by atoms with van der Waals surface area (Å²) in [6.07, 6.45) is 1.54. The molecule has 0 aliphatic heterocycles. The van der Waals surface area contributed by atoms with Gasteiger partial charge in [-0.15, -0.1) is 0 Å². The molecule has 0 saturated heterocycles. The van der Waals surface area contributed by atoms with Crippen LogP contribution in [0.1, 0.15) is 12.6 Å². The zero-order valence-corrected chi connectivity index (χ0v) is 17.3. The fourth-order valence-corrected chi connectivity index (χ4v) is 3.95. The van der Waals surface area contributed by atoms with Gasteiger partial charge in [0.05, 0.1) is 12.3 Å². The predicted molar refractivity (Wildman–Crippen MR) is 113 cm³/mol. The molecule has 7 nitrogen and oxygen atoms in total. The fourth-order valence-electron chi connectivity index (χ4n) is 2.71. The molecule has 0 bridgehead atoms. The van der Waals surface area contributed by atoms with Crippen LogP contribution in [0.2, 0.25) is 0 Å². The third-order valence-electron chi connectivity index (χ3n) is 4.15. The number of aromatic nitrogens is 1. The first-order chi connectivity index (χ1) is 14.5. The van der Waals surface area contributed by atoms with Crippen LogP contribution in [-0.4, -0.2) is 38.2 Å². The minimum Gasteiger partial charge on any atom is -0.444 e. The first-order valence-electron chi connectivity index (χ1n) is 9.49. The third-order valence-corrected chi connectivity index (χ3v) is 5.89. The van der Waals surface area contributed by atoms with E-state index in [2.05, 4.69) is 20.6 Å². The number of sulfone groups is 1. The molecule has 9 heteroatoms. The Balaban J connectivity index is 1.60. The Morgan fingerprint density at radius 2 is 1.83 bits per heavy atom. The summed E-state index contributed by atoms with van der Waals surface area (Å²) >= 11 is 0. The number of oxazole rings is 1. The van der Waals surface area contributed by atoms with Crippen molar-refractivity contribution in [3.8, 4) is 11.5 Å². The van der Waals surface area contributed by atoms with Gasteiger partial charge < -0.3 is 15.1 Å². The standard InChI is InChI=1S/C21H23FN4O3S/c1-2-23-21(24-12-13-30(27,28)19-11-7-6-10-18(19)22)25-14-17-15-29-20(26-17)16-8-4-3-5-9-16/h3-11,15H,2,12-14H2,1H3,(H2,23,24,25). The number of rotatable bonds is 8. The van der Waals surface area contributed by atoms with Crippen molar-refractivity contribution in [2.75, 3.05) is 18.8 Å². The Kier molecular flexibility index (Phi) is 7.18. The minimum atomic E-state index is -3.74. The molecule has 3 aromatic rings. The average molecular weight is 431 g/mol. The molecule has 0 amide bonds. The molecule has 30 heavy (non-hydrogen) atoms. The lowest BCUT2D eigenvalue weighted by molar-refractivity contribution is 0.566. The van der Waals surface area contributed by atoms with E-state index < -0.39 is 15.7 Å². The highest BCUT2D eigenvalue weighted by atomic mass is 32.2. The lowest BCUT2D eigenvalue weighted by Crippen LogP contribution is -2.39. The van der Waals surface area contributed by atoms with Crippen LogP contribution in [-0.2, 0) is 16.4 Å². The van der Waals surface area contributed by atoms with Crippen molar-refractivity contribution in [1.82, 2.24) is 15.6 Å². The van der Waals surface area contributed by atoms with Crippen LogP contribution >= 0.6 is 0 Å². The zero-order valence-electron chi connectivity index (χ0n) is 16.5. The monoisotopic (exact) mass is 430 g/mol. The molecular formula is C21H23FN4O3S. The molecule has 158 valence electrons. The van der Waals surface area contributed by atoms with Gasteiger partial charge in [-0.2, -0.15) is 0 Å². The summed E-state index contributed by atoms with van der Waals surface area (Å²) < 4.78 is 44.0. The normalized spacial score (nSPS) is 12.0. The topological polar surface area (TPSA) is 96.6 Å². The summed E-state index contributed by atoms with van der Waals surface area (Å²) in [7, 11) is -3.74. The Morgan fingerprint density at radius 3 is 2.57 bits per heavy atom. The second-order valence-electron chi connectivity index (χ2n) is 6.38. The van der Waals surface area contributed by atoms with Crippen LogP contribution in [0, 0.1) is 5.82 Å². The Labute approximate surface area is 175 Å². The predicted octanol–water partition coefficient (Wildman–Crippen LogP) is 3.01. The highest BCUT2D eigenvalue weighted by molar-refractivity contribution is 7.91. The van der Waals surface area contributed by atoms with Gasteiger partial charge >= 0.3 is 0 Å². The molecule has 3 rings (SSSR count).